The van der Waals surface area contributed by atoms with E-state index in [1.165, 1.54) is 276 Å². The van der Waals surface area contributed by atoms with Crippen molar-refractivity contribution in [2.24, 2.45) is 0 Å². The molecule has 1 N–H and O–H groups in total. The first-order chi connectivity index (χ1) is 39.4. The number of amides is 1. The summed E-state index contributed by atoms with van der Waals surface area (Å²) in [5.74, 6) is -0.518. The summed E-state index contributed by atoms with van der Waals surface area (Å²) in [5, 5.41) is 3.05. The molecule has 0 aromatic heterocycles. The Kier molecular flexibility index (Phi) is 60.4. The molecule has 0 aliphatic carbocycles. The standard InChI is InChI=1S/C71H139N2O7P/c1-7-10-13-16-19-22-25-27-29-31-32-33-34-35-36-37-38-39-40-42-43-45-48-51-54-57-60-63-70(74)72-68(67-79-81(76,77)78-66-65-73(4,5)6)69(62-59-56-53-50-47-24-21-18-15-12-9-3)80-71(75)64-61-58-55-52-49-46-44-41-30-28-26-23-20-17-14-11-8-2/h27,29,59,62,68-69H,7-26,28,30-58,60-61,63-67H2,1-6H3,(H-,72,74,76,77)/b29-27+,62-59-. The van der Waals surface area contributed by atoms with Gasteiger partial charge in [-0.1, -0.05) is 322 Å². The van der Waals surface area contributed by atoms with Crippen molar-refractivity contribution in [2.45, 2.75) is 380 Å². The van der Waals surface area contributed by atoms with Crippen molar-refractivity contribution in [1.82, 2.24) is 5.32 Å². The monoisotopic (exact) mass is 1160 g/mol. The van der Waals surface area contributed by atoms with E-state index in [2.05, 4.69) is 38.2 Å². The van der Waals surface area contributed by atoms with Gasteiger partial charge in [0, 0.05) is 12.8 Å². The van der Waals surface area contributed by atoms with Crippen LogP contribution >= 0.6 is 7.82 Å². The second kappa shape index (κ2) is 61.6. The topological polar surface area (TPSA) is 114 Å². The highest BCUT2D eigenvalue weighted by Gasteiger charge is 2.27. The Labute approximate surface area is 504 Å². The normalized spacial score (nSPS) is 13.6. The minimum Gasteiger partial charge on any atom is -0.756 e. The van der Waals surface area contributed by atoms with Gasteiger partial charge < -0.3 is 28.5 Å². The van der Waals surface area contributed by atoms with Crippen LogP contribution in [0.1, 0.15) is 367 Å². The van der Waals surface area contributed by atoms with Crippen LogP contribution in [0.2, 0.25) is 0 Å². The third kappa shape index (κ3) is 62.8. The molecule has 81 heavy (non-hydrogen) atoms. The smallest absolute Gasteiger partial charge is 0.306 e. The second-order valence-electron chi connectivity index (χ2n) is 25.7. The van der Waals surface area contributed by atoms with Gasteiger partial charge in [0.25, 0.3) is 7.82 Å². The summed E-state index contributed by atoms with van der Waals surface area (Å²) in [4.78, 5) is 40.1. The molecular formula is C71H139N2O7P. The number of allylic oxidation sites excluding steroid dienone is 3. The van der Waals surface area contributed by atoms with Gasteiger partial charge in [0.1, 0.15) is 19.3 Å². The Hall–Kier alpha value is -1.51. The van der Waals surface area contributed by atoms with Crippen LogP contribution in [-0.4, -0.2) is 69.4 Å². The fourth-order valence-corrected chi connectivity index (χ4v) is 11.6. The van der Waals surface area contributed by atoms with Crippen molar-refractivity contribution in [3.63, 3.8) is 0 Å². The van der Waals surface area contributed by atoms with Crippen molar-refractivity contribution >= 4 is 19.7 Å². The molecule has 0 heterocycles. The summed E-state index contributed by atoms with van der Waals surface area (Å²) < 4.78 is 30.4. The average Bonchev–Trinajstić information content (AvgIpc) is 3.43. The number of carbonyl (C=O) groups is 2. The van der Waals surface area contributed by atoms with Gasteiger partial charge in [0.05, 0.1) is 33.8 Å². The van der Waals surface area contributed by atoms with Gasteiger partial charge in [-0.2, -0.15) is 0 Å². The lowest BCUT2D eigenvalue weighted by Gasteiger charge is -2.30. The highest BCUT2D eigenvalue weighted by Crippen LogP contribution is 2.38. The molecule has 3 atom stereocenters. The van der Waals surface area contributed by atoms with E-state index in [1.54, 1.807) is 0 Å². The third-order valence-corrected chi connectivity index (χ3v) is 17.3. The molecule has 9 nitrogen and oxygen atoms in total. The molecular weight excluding hydrogens is 1020 g/mol. The van der Waals surface area contributed by atoms with Gasteiger partial charge >= 0.3 is 5.97 Å². The predicted molar refractivity (Wildman–Crippen MR) is 349 cm³/mol. The van der Waals surface area contributed by atoms with Gasteiger partial charge in [-0.15, -0.1) is 0 Å². The van der Waals surface area contributed by atoms with E-state index in [0.717, 1.165) is 57.8 Å². The Bertz CT molecular complexity index is 1430. The summed E-state index contributed by atoms with van der Waals surface area (Å²) >= 11 is 0. The molecule has 0 aliphatic rings. The number of likely N-dealkylation sites (N-methyl/N-ethyl adjacent to an activating group) is 1. The summed E-state index contributed by atoms with van der Waals surface area (Å²) in [6.45, 7) is 6.90. The summed E-state index contributed by atoms with van der Waals surface area (Å²) in [6.07, 6.45) is 74.5. The molecule has 0 bridgehead atoms. The van der Waals surface area contributed by atoms with Crippen molar-refractivity contribution in [3.8, 4) is 0 Å². The first-order valence-electron chi connectivity index (χ1n) is 35.6. The average molecular weight is 1160 g/mol. The quantitative estimate of drug-likeness (QED) is 0.0212. The molecule has 0 aromatic carbocycles. The number of quaternary nitrogens is 1. The number of rotatable bonds is 66. The van der Waals surface area contributed by atoms with E-state index < -0.39 is 20.0 Å². The minimum absolute atomic E-state index is 0.0178. The first kappa shape index (κ1) is 79.5. The molecule has 1 amide bonds. The second-order valence-corrected chi connectivity index (χ2v) is 27.2. The molecule has 0 aliphatic heterocycles. The van der Waals surface area contributed by atoms with Crippen LogP contribution < -0.4 is 10.2 Å². The zero-order chi connectivity index (χ0) is 59.3. The molecule has 0 rings (SSSR count). The number of esters is 1. The zero-order valence-corrected chi connectivity index (χ0v) is 55.9. The van der Waals surface area contributed by atoms with Crippen LogP contribution in [-0.2, 0) is 27.9 Å². The van der Waals surface area contributed by atoms with E-state index in [0.29, 0.717) is 17.4 Å². The third-order valence-electron chi connectivity index (χ3n) is 16.4. The minimum atomic E-state index is -4.70. The van der Waals surface area contributed by atoms with Crippen LogP contribution in [0.3, 0.4) is 0 Å². The van der Waals surface area contributed by atoms with Crippen LogP contribution in [0.25, 0.3) is 0 Å². The molecule has 0 spiro atoms. The Balaban J connectivity index is 4.93. The zero-order valence-electron chi connectivity index (χ0n) is 55.0. The van der Waals surface area contributed by atoms with Gasteiger partial charge in [0.15, 0.2) is 0 Å². The number of nitrogens with zero attached hydrogens (tertiary/aromatic N) is 1. The van der Waals surface area contributed by atoms with E-state index in [-0.39, 0.29) is 31.5 Å². The molecule has 0 saturated heterocycles. The summed E-state index contributed by atoms with van der Waals surface area (Å²) in [7, 11) is 1.21. The number of hydrogen-bond acceptors (Lipinski definition) is 7. The lowest BCUT2D eigenvalue weighted by Crippen LogP contribution is -2.47. The fraction of sp³-hybridized carbons (Fsp3) is 0.915. The van der Waals surface area contributed by atoms with Crippen molar-refractivity contribution in [1.29, 1.82) is 0 Å². The molecule has 3 unspecified atom stereocenters. The van der Waals surface area contributed by atoms with Gasteiger partial charge in [-0.05, 0) is 57.4 Å². The van der Waals surface area contributed by atoms with Gasteiger partial charge in [-0.3, -0.25) is 14.2 Å². The number of nitrogens with one attached hydrogen (secondary N) is 1. The predicted octanol–water partition coefficient (Wildman–Crippen LogP) is 21.8. The molecule has 0 radical (unpaired) electrons. The summed E-state index contributed by atoms with van der Waals surface area (Å²) in [5.41, 5.74) is 0. The first-order valence-corrected chi connectivity index (χ1v) is 37.1. The molecule has 0 fully saturated rings. The van der Waals surface area contributed by atoms with E-state index >= 15 is 0 Å². The SMILES string of the molecule is CCCCCCCC/C=C/CCCCCCCCCCCCCCCCCCCC(=O)NC(COP(=O)([O-])OCC[N+](C)(C)C)C(/C=C\CCCCCCCCCCC)OC(=O)CCCCCCCCCCCCCCCCCCC. The van der Waals surface area contributed by atoms with Crippen LogP contribution in [0, 0.1) is 0 Å². The van der Waals surface area contributed by atoms with E-state index in [1.807, 2.05) is 33.3 Å². The molecule has 0 saturated carbocycles. The Morgan fingerprint density at radius 1 is 0.420 bits per heavy atom. The maximum atomic E-state index is 13.6. The van der Waals surface area contributed by atoms with Gasteiger partial charge in [-0.25, -0.2) is 0 Å². The maximum absolute atomic E-state index is 13.6. The number of hydrogen-bond donors (Lipinski definition) is 1. The lowest BCUT2D eigenvalue weighted by atomic mass is 10.0. The van der Waals surface area contributed by atoms with Crippen LogP contribution in [0.4, 0.5) is 0 Å². The van der Waals surface area contributed by atoms with Crippen LogP contribution in [0.5, 0.6) is 0 Å². The number of ether oxygens (including phenoxy) is 1. The van der Waals surface area contributed by atoms with Gasteiger partial charge in [0.2, 0.25) is 5.91 Å². The van der Waals surface area contributed by atoms with E-state index in [9.17, 15) is 19.0 Å². The highest BCUT2D eigenvalue weighted by atomic mass is 31.2. The number of carbonyl (C=O) groups excluding carboxylic acids is 2. The molecule has 0 aromatic rings. The Morgan fingerprint density at radius 2 is 0.716 bits per heavy atom. The highest BCUT2D eigenvalue weighted by molar-refractivity contribution is 7.45. The van der Waals surface area contributed by atoms with Crippen molar-refractivity contribution in [3.05, 3.63) is 24.3 Å². The fourth-order valence-electron chi connectivity index (χ4n) is 10.9. The van der Waals surface area contributed by atoms with E-state index in [4.69, 9.17) is 13.8 Å². The molecule has 10 heteroatoms. The van der Waals surface area contributed by atoms with Crippen molar-refractivity contribution < 1.29 is 37.3 Å². The number of phosphoric ester groups is 1. The maximum Gasteiger partial charge on any atom is 0.306 e. The number of phosphoric acid groups is 1. The largest absolute Gasteiger partial charge is 0.756 e. The lowest BCUT2D eigenvalue weighted by molar-refractivity contribution is -0.870. The summed E-state index contributed by atoms with van der Waals surface area (Å²) in [6, 6.07) is -0.882. The Morgan fingerprint density at radius 3 is 1.05 bits per heavy atom. The van der Waals surface area contributed by atoms with Crippen molar-refractivity contribution in [2.75, 3.05) is 40.9 Å². The molecule has 480 valence electrons. The number of unbranched alkanes of at least 4 members (excludes halogenated alkanes) is 48. The van der Waals surface area contributed by atoms with Crippen LogP contribution in [0.15, 0.2) is 24.3 Å².